The van der Waals surface area contributed by atoms with Gasteiger partial charge in [-0.25, -0.2) is 0 Å². The highest BCUT2D eigenvalue weighted by atomic mass is 16.2. The molecule has 56 valence electrons. The molecule has 1 aliphatic rings. The fraction of sp³-hybridized carbons (Fsp3) is 0.571. The van der Waals surface area contributed by atoms with Crippen LogP contribution in [-0.4, -0.2) is 25.0 Å². The van der Waals surface area contributed by atoms with Crippen LogP contribution in [0.4, 0.5) is 0 Å². The number of piperazine rings is 1. The highest BCUT2D eigenvalue weighted by molar-refractivity contribution is 5.79. The van der Waals surface area contributed by atoms with Crippen molar-refractivity contribution in [1.29, 1.82) is 0 Å². The van der Waals surface area contributed by atoms with Crippen LogP contribution >= 0.6 is 0 Å². The number of nitrogens with one attached hydrogen (secondary N) is 2. The van der Waals surface area contributed by atoms with Crippen LogP contribution in [0.1, 0.15) is 6.92 Å². The number of hydrogen-bond acceptors (Lipinski definition) is 2. The topological polar surface area (TPSA) is 41.1 Å². The molecule has 0 aliphatic carbocycles. The summed E-state index contributed by atoms with van der Waals surface area (Å²) in [5, 5.41) is 5.81. The van der Waals surface area contributed by atoms with E-state index in [1.54, 1.807) is 0 Å². The van der Waals surface area contributed by atoms with Crippen LogP contribution in [0, 0.1) is 0 Å². The molecule has 1 fully saturated rings. The summed E-state index contributed by atoms with van der Waals surface area (Å²) in [4.78, 5) is 10.6. The van der Waals surface area contributed by atoms with E-state index in [9.17, 15) is 4.79 Å². The van der Waals surface area contributed by atoms with Gasteiger partial charge in [0.2, 0.25) is 5.91 Å². The van der Waals surface area contributed by atoms with Crippen LogP contribution in [0.5, 0.6) is 0 Å². The van der Waals surface area contributed by atoms with Crippen LogP contribution in [0.3, 0.4) is 0 Å². The standard InChI is InChI=1S/C7H12N2O/c1-5(2)6-3-9-7(10)4-8-6/h6,8H,1,3-4H2,2H3,(H,9,10)/t6-/m0/s1. The molecular formula is C7H12N2O. The summed E-state index contributed by atoms with van der Waals surface area (Å²) >= 11 is 0. The Kier molecular flexibility index (Phi) is 2.06. The molecule has 0 radical (unpaired) electrons. The lowest BCUT2D eigenvalue weighted by atomic mass is 10.1. The first-order valence-electron chi connectivity index (χ1n) is 3.35. The zero-order valence-corrected chi connectivity index (χ0v) is 6.11. The molecule has 10 heavy (non-hydrogen) atoms. The Morgan fingerprint density at radius 3 is 2.90 bits per heavy atom. The Hall–Kier alpha value is -0.830. The quantitative estimate of drug-likeness (QED) is 0.489. The molecule has 0 unspecified atom stereocenters. The van der Waals surface area contributed by atoms with Gasteiger partial charge in [0, 0.05) is 12.6 Å². The van der Waals surface area contributed by atoms with E-state index in [1.807, 2.05) is 6.92 Å². The van der Waals surface area contributed by atoms with Gasteiger partial charge < -0.3 is 10.6 Å². The third kappa shape index (κ3) is 1.57. The van der Waals surface area contributed by atoms with Crippen molar-refractivity contribution >= 4 is 5.91 Å². The van der Waals surface area contributed by atoms with Gasteiger partial charge in [-0.05, 0) is 6.92 Å². The number of carbonyl (C=O) groups is 1. The van der Waals surface area contributed by atoms with Crippen molar-refractivity contribution in [3.8, 4) is 0 Å². The second-order valence-corrected chi connectivity index (χ2v) is 2.58. The average Bonchev–Trinajstić information content (AvgIpc) is 1.88. The van der Waals surface area contributed by atoms with E-state index < -0.39 is 0 Å². The van der Waals surface area contributed by atoms with Crippen LogP contribution in [0.2, 0.25) is 0 Å². The van der Waals surface area contributed by atoms with E-state index in [0.717, 1.165) is 5.57 Å². The van der Waals surface area contributed by atoms with Gasteiger partial charge in [-0.1, -0.05) is 12.2 Å². The molecule has 0 saturated carbocycles. The summed E-state index contributed by atoms with van der Waals surface area (Å²) in [6.07, 6.45) is 0. The van der Waals surface area contributed by atoms with Crippen LogP contribution in [-0.2, 0) is 4.79 Å². The van der Waals surface area contributed by atoms with Crippen molar-refractivity contribution in [2.75, 3.05) is 13.1 Å². The molecule has 2 N–H and O–H groups in total. The molecule has 1 atom stereocenters. The van der Waals surface area contributed by atoms with Gasteiger partial charge in [0.25, 0.3) is 0 Å². The summed E-state index contributed by atoms with van der Waals surface area (Å²) in [6, 6.07) is 0.262. The Balaban J connectivity index is 2.40. The lowest BCUT2D eigenvalue weighted by molar-refractivity contribution is -0.121. The SMILES string of the molecule is C=C(C)[C@@H]1CNC(=O)CN1. The fourth-order valence-electron chi connectivity index (χ4n) is 0.915. The molecule has 0 spiro atoms. The fourth-order valence-corrected chi connectivity index (χ4v) is 0.915. The van der Waals surface area contributed by atoms with Crippen molar-refractivity contribution < 1.29 is 4.79 Å². The zero-order valence-electron chi connectivity index (χ0n) is 6.11. The zero-order chi connectivity index (χ0) is 7.56. The summed E-state index contributed by atoms with van der Waals surface area (Å²) in [5.41, 5.74) is 1.07. The molecule has 1 amide bonds. The first-order valence-corrected chi connectivity index (χ1v) is 3.35. The predicted molar refractivity (Wildman–Crippen MR) is 39.6 cm³/mol. The van der Waals surface area contributed by atoms with Crippen LogP contribution in [0.25, 0.3) is 0 Å². The number of carbonyl (C=O) groups excluding carboxylic acids is 1. The van der Waals surface area contributed by atoms with Gasteiger partial charge in [-0.2, -0.15) is 0 Å². The van der Waals surface area contributed by atoms with E-state index in [0.29, 0.717) is 13.1 Å². The van der Waals surface area contributed by atoms with Gasteiger partial charge in [-0.3, -0.25) is 4.79 Å². The maximum absolute atomic E-state index is 10.6. The number of rotatable bonds is 1. The largest absolute Gasteiger partial charge is 0.353 e. The molecule has 3 heteroatoms. The van der Waals surface area contributed by atoms with Gasteiger partial charge in [0.15, 0.2) is 0 Å². The molecule has 0 bridgehead atoms. The van der Waals surface area contributed by atoms with E-state index in [-0.39, 0.29) is 11.9 Å². The summed E-state index contributed by atoms with van der Waals surface area (Å²) in [5.74, 6) is 0.0671. The summed E-state index contributed by atoms with van der Waals surface area (Å²) < 4.78 is 0. The Bertz CT molecular complexity index is 155. The minimum atomic E-state index is 0.0671. The minimum absolute atomic E-state index is 0.0671. The molecule has 0 aromatic carbocycles. The van der Waals surface area contributed by atoms with E-state index >= 15 is 0 Å². The molecular weight excluding hydrogens is 128 g/mol. The molecule has 0 aromatic heterocycles. The number of hydrogen-bond donors (Lipinski definition) is 2. The van der Waals surface area contributed by atoms with E-state index in [4.69, 9.17) is 0 Å². The van der Waals surface area contributed by atoms with Crippen LogP contribution < -0.4 is 10.6 Å². The third-order valence-electron chi connectivity index (χ3n) is 1.61. The first-order chi connectivity index (χ1) is 4.70. The summed E-state index contributed by atoms with van der Waals surface area (Å²) in [6.45, 7) is 6.83. The lowest BCUT2D eigenvalue weighted by Gasteiger charge is -2.23. The van der Waals surface area contributed by atoms with Crippen molar-refractivity contribution in [2.24, 2.45) is 0 Å². The van der Waals surface area contributed by atoms with Crippen molar-refractivity contribution in [3.05, 3.63) is 12.2 Å². The lowest BCUT2D eigenvalue weighted by Crippen LogP contribution is -2.52. The second kappa shape index (κ2) is 2.84. The third-order valence-corrected chi connectivity index (χ3v) is 1.61. The molecule has 1 aliphatic heterocycles. The smallest absolute Gasteiger partial charge is 0.234 e. The van der Waals surface area contributed by atoms with Crippen molar-refractivity contribution in [2.45, 2.75) is 13.0 Å². The second-order valence-electron chi connectivity index (χ2n) is 2.58. The Labute approximate surface area is 60.5 Å². The average molecular weight is 140 g/mol. The van der Waals surface area contributed by atoms with E-state index in [2.05, 4.69) is 17.2 Å². The highest BCUT2D eigenvalue weighted by Gasteiger charge is 2.16. The Morgan fingerprint density at radius 2 is 2.50 bits per heavy atom. The van der Waals surface area contributed by atoms with Gasteiger partial charge in [0.1, 0.15) is 0 Å². The highest BCUT2D eigenvalue weighted by Crippen LogP contribution is 1.98. The molecule has 1 rings (SSSR count). The maximum Gasteiger partial charge on any atom is 0.234 e. The van der Waals surface area contributed by atoms with Gasteiger partial charge >= 0.3 is 0 Å². The molecule has 3 nitrogen and oxygen atoms in total. The summed E-state index contributed by atoms with van der Waals surface area (Å²) in [7, 11) is 0. The van der Waals surface area contributed by atoms with Gasteiger partial charge in [-0.15, -0.1) is 0 Å². The predicted octanol–water partition coefficient (Wildman–Crippen LogP) is -0.350. The monoisotopic (exact) mass is 140 g/mol. The maximum atomic E-state index is 10.6. The molecule has 0 aromatic rings. The van der Waals surface area contributed by atoms with E-state index in [1.165, 1.54) is 0 Å². The van der Waals surface area contributed by atoms with Crippen LogP contribution in [0.15, 0.2) is 12.2 Å². The number of amides is 1. The minimum Gasteiger partial charge on any atom is -0.353 e. The molecule has 1 saturated heterocycles. The first kappa shape index (κ1) is 7.28. The Morgan fingerprint density at radius 1 is 1.80 bits per heavy atom. The normalized spacial score (nSPS) is 25.7. The van der Waals surface area contributed by atoms with Crippen molar-refractivity contribution in [1.82, 2.24) is 10.6 Å². The van der Waals surface area contributed by atoms with Gasteiger partial charge in [0.05, 0.1) is 6.54 Å². The molecule has 1 heterocycles. The van der Waals surface area contributed by atoms with Crippen molar-refractivity contribution in [3.63, 3.8) is 0 Å².